The molecule has 2 amide bonds. The van der Waals surface area contributed by atoms with Crippen LogP contribution in [0.25, 0.3) is 0 Å². The minimum absolute atomic E-state index is 0.0887. The van der Waals surface area contributed by atoms with Gasteiger partial charge in [0.2, 0.25) is 5.91 Å². The molecule has 4 nitrogen and oxygen atoms in total. The van der Waals surface area contributed by atoms with Crippen LogP contribution >= 0.6 is 0 Å². The van der Waals surface area contributed by atoms with Crippen molar-refractivity contribution in [2.24, 2.45) is 0 Å². The van der Waals surface area contributed by atoms with Crippen molar-refractivity contribution in [3.8, 4) is 0 Å². The number of rotatable bonds is 8. The first-order chi connectivity index (χ1) is 16.6. The number of nitrogens with one attached hydrogen (secondary N) is 1. The molecule has 4 rings (SSSR count). The zero-order valence-electron chi connectivity index (χ0n) is 18.7. The summed E-state index contributed by atoms with van der Waals surface area (Å²) in [6.45, 7) is 0.777. The van der Waals surface area contributed by atoms with Crippen LogP contribution in [0.5, 0.6) is 0 Å². The first-order valence-electron chi connectivity index (χ1n) is 11.1. The molecule has 4 aromatic rings. The van der Waals surface area contributed by atoms with E-state index in [-0.39, 0.29) is 24.1 Å². The molecule has 1 N–H and O–H groups in total. The molecule has 4 aromatic carbocycles. The number of amides is 2. The van der Waals surface area contributed by atoms with Crippen LogP contribution in [-0.2, 0) is 24.3 Å². The smallest absolute Gasteiger partial charge is 0.258 e. The van der Waals surface area contributed by atoms with Crippen LogP contribution in [0.2, 0.25) is 0 Å². The Balaban J connectivity index is 1.45. The fraction of sp³-hybridized carbons (Fsp3) is 0.103. The van der Waals surface area contributed by atoms with Gasteiger partial charge in [-0.15, -0.1) is 0 Å². The molecule has 0 aliphatic carbocycles. The highest BCUT2D eigenvalue weighted by Crippen LogP contribution is 2.21. The van der Waals surface area contributed by atoms with E-state index in [1.165, 1.54) is 12.1 Å². The van der Waals surface area contributed by atoms with Crippen molar-refractivity contribution in [2.75, 3.05) is 4.90 Å². The van der Waals surface area contributed by atoms with Gasteiger partial charge in [0.15, 0.2) is 0 Å². The molecular formula is C29H25FN2O2. The normalized spacial score (nSPS) is 10.5. The lowest BCUT2D eigenvalue weighted by Gasteiger charge is -2.23. The van der Waals surface area contributed by atoms with Crippen LogP contribution in [0.15, 0.2) is 109 Å². The molecule has 0 aromatic heterocycles. The fourth-order valence-corrected chi connectivity index (χ4v) is 3.63. The molecule has 0 saturated heterocycles. The lowest BCUT2D eigenvalue weighted by Crippen LogP contribution is -2.30. The van der Waals surface area contributed by atoms with E-state index in [9.17, 15) is 14.0 Å². The quantitative estimate of drug-likeness (QED) is 0.382. The Morgan fingerprint density at radius 2 is 1.26 bits per heavy atom. The number of hydrogen-bond donors (Lipinski definition) is 1. The van der Waals surface area contributed by atoms with Crippen LogP contribution in [0.4, 0.5) is 10.1 Å². The Bertz CT molecular complexity index is 1220. The van der Waals surface area contributed by atoms with E-state index in [2.05, 4.69) is 5.32 Å². The average Bonchev–Trinajstić information content (AvgIpc) is 2.88. The van der Waals surface area contributed by atoms with Gasteiger partial charge in [-0.25, -0.2) is 4.39 Å². The Morgan fingerprint density at radius 1 is 0.676 bits per heavy atom. The minimum atomic E-state index is -0.303. The van der Waals surface area contributed by atoms with Crippen molar-refractivity contribution in [2.45, 2.75) is 19.5 Å². The maximum Gasteiger partial charge on any atom is 0.258 e. The van der Waals surface area contributed by atoms with E-state index < -0.39 is 0 Å². The zero-order chi connectivity index (χ0) is 23.8. The molecular weight excluding hydrogens is 427 g/mol. The summed E-state index contributed by atoms with van der Waals surface area (Å²) in [5.41, 5.74) is 4.07. The average molecular weight is 453 g/mol. The van der Waals surface area contributed by atoms with Gasteiger partial charge in [0, 0.05) is 17.8 Å². The highest BCUT2D eigenvalue weighted by Gasteiger charge is 2.18. The van der Waals surface area contributed by atoms with Gasteiger partial charge in [-0.1, -0.05) is 72.8 Å². The molecule has 0 saturated carbocycles. The van der Waals surface area contributed by atoms with Gasteiger partial charge >= 0.3 is 0 Å². The molecule has 0 atom stereocenters. The fourth-order valence-electron chi connectivity index (χ4n) is 3.63. The van der Waals surface area contributed by atoms with Crippen molar-refractivity contribution in [3.63, 3.8) is 0 Å². The molecule has 0 spiro atoms. The number of carbonyl (C=O) groups excluding carboxylic acids is 2. The van der Waals surface area contributed by atoms with E-state index in [1.54, 1.807) is 29.2 Å². The standard InChI is InChI=1S/C29H25FN2O2/c30-26-15-11-23(12-16-26)20-31-28(33)19-22-13-17-27(18-14-22)32(21-24-7-3-1-4-8-24)29(34)25-9-5-2-6-10-25/h1-18H,19-21H2,(H,31,33). The Kier molecular flexibility index (Phi) is 7.45. The van der Waals surface area contributed by atoms with E-state index in [4.69, 9.17) is 0 Å². The van der Waals surface area contributed by atoms with Gasteiger partial charge in [-0.3, -0.25) is 9.59 Å². The summed E-state index contributed by atoms with van der Waals surface area (Å²) in [6, 6.07) is 32.5. The summed E-state index contributed by atoms with van der Waals surface area (Å²) in [6.07, 6.45) is 0.215. The molecule has 0 aliphatic rings. The lowest BCUT2D eigenvalue weighted by molar-refractivity contribution is -0.120. The maximum absolute atomic E-state index is 13.3. The summed E-state index contributed by atoms with van der Waals surface area (Å²) < 4.78 is 13.0. The number of nitrogens with zero attached hydrogens (tertiary/aromatic N) is 1. The molecule has 170 valence electrons. The predicted molar refractivity (Wildman–Crippen MR) is 132 cm³/mol. The highest BCUT2D eigenvalue weighted by atomic mass is 19.1. The molecule has 0 radical (unpaired) electrons. The second kappa shape index (κ2) is 11.1. The third-order valence-electron chi connectivity index (χ3n) is 5.47. The van der Waals surface area contributed by atoms with Gasteiger partial charge in [0.25, 0.3) is 5.91 Å². The highest BCUT2D eigenvalue weighted by molar-refractivity contribution is 6.06. The summed E-state index contributed by atoms with van der Waals surface area (Å²) in [5.74, 6) is -0.518. The first kappa shape index (κ1) is 22.9. The van der Waals surface area contributed by atoms with Crippen LogP contribution in [0.1, 0.15) is 27.0 Å². The molecule has 0 fully saturated rings. The monoisotopic (exact) mass is 452 g/mol. The van der Waals surface area contributed by atoms with Crippen molar-refractivity contribution in [3.05, 3.63) is 137 Å². The van der Waals surface area contributed by atoms with Gasteiger partial charge in [0.05, 0.1) is 13.0 Å². The second-order valence-corrected chi connectivity index (χ2v) is 7.99. The van der Waals surface area contributed by atoms with E-state index >= 15 is 0 Å². The predicted octanol–water partition coefficient (Wildman–Crippen LogP) is 5.53. The minimum Gasteiger partial charge on any atom is -0.352 e. The Morgan fingerprint density at radius 3 is 1.91 bits per heavy atom. The largest absolute Gasteiger partial charge is 0.352 e. The lowest BCUT2D eigenvalue weighted by atomic mass is 10.1. The maximum atomic E-state index is 13.3. The number of anilines is 1. The van der Waals surface area contributed by atoms with Crippen LogP contribution < -0.4 is 10.2 Å². The number of hydrogen-bond acceptors (Lipinski definition) is 2. The summed E-state index contributed by atoms with van der Waals surface area (Å²) in [5, 5.41) is 2.85. The molecule has 34 heavy (non-hydrogen) atoms. The molecule has 0 aliphatic heterocycles. The molecule has 0 bridgehead atoms. The topological polar surface area (TPSA) is 49.4 Å². The second-order valence-electron chi connectivity index (χ2n) is 7.99. The summed E-state index contributed by atoms with van der Waals surface area (Å²) in [7, 11) is 0. The van der Waals surface area contributed by atoms with Gasteiger partial charge in [0.1, 0.15) is 5.82 Å². The number of benzene rings is 4. The van der Waals surface area contributed by atoms with Crippen LogP contribution in [0.3, 0.4) is 0 Å². The third kappa shape index (κ3) is 6.17. The van der Waals surface area contributed by atoms with E-state index in [1.807, 2.05) is 72.8 Å². The zero-order valence-corrected chi connectivity index (χ0v) is 18.7. The summed E-state index contributed by atoms with van der Waals surface area (Å²) >= 11 is 0. The SMILES string of the molecule is O=C(Cc1ccc(N(Cc2ccccc2)C(=O)c2ccccc2)cc1)NCc1ccc(F)cc1. The molecule has 0 heterocycles. The van der Waals surface area contributed by atoms with E-state index in [0.717, 1.165) is 22.4 Å². The molecule has 5 heteroatoms. The van der Waals surface area contributed by atoms with Crippen molar-refractivity contribution < 1.29 is 14.0 Å². The van der Waals surface area contributed by atoms with Crippen molar-refractivity contribution in [1.82, 2.24) is 5.32 Å². The van der Waals surface area contributed by atoms with Crippen LogP contribution in [-0.4, -0.2) is 11.8 Å². The van der Waals surface area contributed by atoms with Gasteiger partial charge in [-0.05, 0) is 53.1 Å². The van der Waals surface area contributed by atoms with Crippen molar-refractivity contribution >= 4 is 17.5 Å². The third-order valence-corrected chi connectivity index (χ3v) is 5.47. The summed E-state index contributed by atoms with van der Waals surface area (Å²) in [4.78, 5) is 27.4. The molecule has 0 unspecified atom stereocenters. The van der Waals surface area contributed by atoms with E-state index in [0.29, 0.717) is 18.7 Å². The number of carbonyl (C=O) groups is 2. The van der Waals surface area contributed by atoms with Crippen LogP contribution in [0, 0.1) is 5.82 Å². The van der Waals surface area contributed by atoms with Gasteiger partial charge in [-0.2, -0.15) is 0 Å². The Hall–Kier alpha value is -4.25. The van der Waals surface area contributed by atoms with Gasteiger partial charge < -0.3 is 10.2 Å². The number of halogens is 1. The Labute approximate surface area is 198 Å². The first-order valence-corrected chi connectivity index (χ1v) is 11.1. The van der Waals surface area contributed by atoms with Crippen molar-refractivity contribution in [1.29, 1.82) is 0 Å².